The Morgan fingerprint density at radius 1 is 0.929 bits per heavy atom. The summed E-state index contributed by atoms with van der Waals surface area (Å²) in [7, 11) is 1.70. The highest BCUT2D eigenvalue weighted by Crippen LogP contribution is 2.27. The molecule has 2 aromatic carbocycles. The summed E-state index contributed by atoms with van der Waals surface area (Å²) in [5, 5.41) is 6.44. The van der Waals surface area contributed by atoms with Crippen LogP contribution in [-0.4, -0.2) is 18.0 Å². The largest absolute Gasteiger partial charge is 0.454 e. The number of rotatable bonds is 6. The van der Waals surface area contributed by atoms with E-state index in [0.717, 1.165) is 11.3 Å². The molecule has 3 aromatic rings. The number of hydrogen-bond donors (Lipinski definition) is 2. The quantitative estimate of drug-likeness (QED) is 0.303. The molecular weight excluding hydrogens is 470 g/mol. The van der Waals surface area contributed by atoms with Crippen molar-refractivity contribution in [2.45, 2.75) is 13.1 Å². The van der Waals surface area contributed by atoms with Crippen LogP contribution in [0.2, 0.25) is 0 Å². The summed E-state index contributed by atoms with van der Waals surface area (Å²) in [4.78, 5) is 8.48. The van der Waals surface area contributed by atoms with Crippen molar-refractivity contribution in [1.29, 1.82) is 0 Å². The Balaban J connectivity index is 0.00000280. The fourth-order valence-electron chi connectivity index (χ4n) is 2.47. The van der Waals surface area contributed by atoms with Crippen molar-refractivity contribution >= 4 is 29.9 Å². The molecule has 0 amide bonds. The van der Waals surface area contributed by atoms with Crippen LogP contribution in [0.5, 0.6) is 11.5 Å². The molecule has 0 bridgehead atoms. The summed E-state index contributed by atoms with van der Waals surface area (Å²) in [6.45, 7) is 1.04. The van der Waals surface area contributed by atoms with E-state index in [9.17, 15) is 4.39 Å². The van der Waals surface area contributed by atoms with E-state index in [2.05, 4.69) is 20.6 Å². The predicted molar refractivity (Wildman–Crippen MR) is 120 cm³/mol. The number of guanidine groups is 1. The van der Waals surface area contributed by atoms with Crippen LogP contribution >= 0.6 is 24.0 Å². The second-order valence-corrected chi connectivity index (χ2v) is 5.74. The number of para-hydroxylation sites is 2. The smallest absolute Gasteiger partial charge is 0.191 e. The normalized spacial score (nSPS) is 10.7. The van der Waals surface area contributed by atoms with Gasteiger partial charge in [-0.15, -0.1) is 24.0 Å². The Kier molecular flexibility index (Phi) is 8.67. The minimum absolute atomic E-state index is 0. The lowest BCUT2D eigenvalue weighted by molar-refractivity contribution is 0.437. The maximum atomic E-state index is 13.9. The van der Waals surface area contributed by atoms with Gasteiger partial charge in [0.1, 0.15) is 5.75 Å². The van der Waals surface area contributed by atoms with E-state index < -0.39 is 5.82 Å². The Hall–Kier alpha value is -2.68. The molecule has 7 heteroatoms. The van der Waals surface area contributed by atoms with E-state index in [-0.39, 0.29) is 29.7 Å². The monoisotopic (exact) mass is 492 g/mol. The number of nitrogens with zero attached hydrogens (tertiary/aromatic N) is 2. The van der Waals surface area contributed by atoms with Crippen LogP contribution in [0.15, 0.2) is 77.9 Å². The number of aliphatic imine (C=N–C) groups is 1. The highest BCUT2D eigenvalue weighted by atomic mass is 127. The van der Waals surface area contributed by atoms with Crippen LogP contribution in [0, 0.1) is 5.82 Å². The van der Waals surface area contributed by atoms with Gasteiger partial charge in [-0.1, -0.05) is 36.4 Å². The maximum absolute atomic E-state index is 13.9. The third-order valence-corrected chi connectivity index (χ3v) is 3.86. The molecule has 0 spiro atoms. The van der Waals surface area contributed by atoms with Crippen molar-refractivity contribution < 1.29 is 9.13 Å². The summed E-state index contributed by atoms with van der Waals surface area (Å²) < 4.78 is 19.6. The molecule has 0 unspecified atom stereocenters. The number of hydrogen-bond acceptors (Lipinski definition) is 3. The zero-order chi connectivity index (χ0) is 18.9. The summed E-state index contributed by atoms with van der Waals surface area (Å²) >= 11 is 0. The molecule has 1 aromatic heterocycles. The van der Waals surface area contributed by atoms with Crippen molar-refractivity contribution in [3.63, 3.8) is 0 Å². The zero-order valence-electron chi connectivity index (χ0n) is 15.4. The lowest BCUT2D eigenvalue weighted by Gasteiger charge is -2.15. The van der Waals surface area contributed by atoms with Gasteiger partial charge in [0.2, 0.25) is 0 Å². The SMILES string of the molecule is CN=C(NCc1ccccn1)NCc1ccccc1Oc1ccccc1F.I. The molecule has 0 aliphatic carbocycles. The minimum atomic E-state index is -0.395. The first-order valence-electron chi connectivity index (χ1n) is 8.61. The van der Waals surface area contributed by atoms with Gasteiger partial charge in [-0.05, 0) is 30.3 Å². The highest BCUT2D eigenvalue weighted by Gasteiger charge is 2.08. The van der Waals surface area contributed by atoms with Crippen molar-refractivity contribution in [3.8, 4) is 11.5 Å². The molecule has 0 radical (unpaired) electrons. The van der Waals surface area contributed by atoms with Crippen LogP contribution in [0.25, 0.3) is 0 Å². The van der Waals surface area contributed by atoms with Gasteiger partial charge >= 0.3 is 0 Å². The molecule has 146 valence electrons. The molecule has 0 saturated carbocycles. The van der Waals surface area contributed by atoms with E-state index in [4.69, 9.17) is 4.74 Å². The number of aromatic nitrogens is 1. The zero-order valence-corrected chi connectivity index (χ0v) is 17.8. The summed E-state index contributed by atoms with van der Waals surface area (Å²) in [6, 6.07) is 19.6. The molecule has 3 rings (SSSR count). The number of benzene rings is 2. The standard InChI is InChI=1S/C21H21FN4O.HI/c1-23-21(26-15-17-9-6-7-13-24-17)25-14-16-8-2-4-11-19(16)27-20-12-5-3-10-18(20)22;/h2-13H,14-15H2,1H3,(H2,23,25,26);1H. The van der Waals surface area contributed by atoms with Crippen molar-refractivity contribution in [2.24, 2.45) is 4.99 Å². The van der Waals surface area contributed by atoms with Gasteiger partial charge in [-0.2, -0.15) is 0 Å². The first kappa shape index (κ1) is 21.6. The number of ether oxygens (including phenoxy) is 1. The third kappa shape index (κ3) is 6.19. The second-order valence-electron chi connectivity index (χ2n) is 5.74. The van der Waals surface area contributed by atoms with Gasteiger partial charge in [0.15, 0.2) is 17.5 Å². The maximum Gasteiger partial charge on any atom is 0.191 e. The first-order valence-corrected chi connectivity index (χ1v) is 8.61. The fraction of sp³-hybridized carbons (Fsp3) is 0.143. The van der Waals surface area contributed by atoms with Gasteiger partial charge in [0.25, 0.3) is 0 Å². The summed E-state index contributed by atoms with van der Waals surface area (Å²) in [5.41, 5.74) is 1.81. The average molecular weight is 492 g/mol. The highest BCUT2D eigenvalue weighted by molar-refractivity contribution is 14.0. The van der Waals surface area contributed by atoms with Gasteiger partial charge in [-0.25, -0.2) is 4.39 Å². The molecule has 0 aliphatic rings. The molecule has 2 N–H and O–H groups in total. The van der Waals surface area contributed by atoms with Crippen molar-refractivity contribution in [2.75, 3.05) is 7.05 Å². The fourth-order valence-corrected chi connectivity index (χ4v) is 2.47. The van der Waals surface area contributed by atoms with Gasteiger partial charge < -0.3 is 15.4 Å². The number of pyridine rings is 1. The molecule has 0 atom stereocenters. The van der Waals surface area contributed by atoms with Crippen LogP contribution in [0.4, 0.5) is 4.39 Å². The first-order chi connectivity index (χ1) is 13.3. The summed E-state index contributed by atoms with van der Waals surface area (Å²) in [6.07, 6.45) is 1.75. The lowest BCUT2D eigenvalue weighted by atomic mass is 10.2. The van der Waals surface area contributed by atoms with Crippen molar-refractivity contribution in [3.05, 3.63) is 90.0 Å². The van der Waals surface area contributed by atoms with Gasteiger partial charge in [0, 0.05) is 25.4 Å². The topological polar surface area (TPSA) is 58.5 Å². The van der Waals surface area contributed by atoms with Gasteiger partial charge in [-0.3, -0.25) is 9.98 Å². The van der Waals surface area contributed by atoms with Crippen LogP contribution in [0.3, 0.4) is 0 Å². The van der Waals surface area contributed by atoms with E-state index in [1.807, 2.05) is 42.5 Å². The molecule has 0 saturated heterocycles. The van der Waals surface area contributed by atoms with Crippen LogP contribution in [-0.2, 0) is 13.1 Å². The molecular formula is C21H22FIN4O. The van der Waals surface area contributed by atoms with Crippen molar-refractivity contribution in [1.82, 2.24) is 15.6 Å². The lowest BCUT2D eigenvalue weighted by Crippen LogP contribution is -2.36. The Labute approximate surface area is 181 Å². The molecule has 1 heterocycles. The second kappa shape index (κ2) is 11.2. The molecule has 0 aliphatic heterocycles. The predicted octanol–water partition coefficient (Wildman–Crippen LogP) is 4.50. The van der Waals surface area contributed by atoms with Gasteiger partial charge in [0.05, 0.1) is 12.2 Å². The molecule has 28 heavy (non-hydrogen) atoms. The van der Waals surface area contributed by atoms with E-state index >= 15 is 0 Å². The number of halogens is 2. The molecule has 0 fully saturated rings. The summed E-state index contributed by atoms with van der Waals surface area (Å²) in [5.74, 6) is 1.03. The van der Waals surface area contributed by atoms with Crippen LogP contribution < -0.4 is 15.4 Å². The Morgan fingerprint density at radius 3 is 2.32 bits per heavy atom. The minimum Gasteiger partial charge on any atom is -0.454 e. The third-order valence-electron chi connectivity index (χ3n) is 3.86. The molecule has 5 nitrogen and oxygen atoms in total. The van der Waals surface area contributed by atoms with E-state index in [1.165, 1.54) is 6.07 Å². The average Bonchev–Trinajstić information content (AvgIpc) is 2.71. The Morgan fingerprint density at radius 2 is 1.61 bits per heavy atom. The van der Waals surface area contributed by atoms with E-state index in [0.29, 0.717) is 24.8 Å². The number of nitrogens with one attached hydrogen (secondary N) is 2. The van der Waals surface area contributed by atoms with Crippen LogP contribution in [0.1, 0.15) is 11.3 Å². The van der Waals surface area contributed by atoms with E-state index in [1.54, 1.807) is 31.4 Å². The Bertz CT molecular complexity index is 906.